The van der Waals surface area contributed by atoms with Crippen molar-refractivity contribution < 1.29 is 4.79 Å². The molecular formula is C9H16N2O. The molecule has 68 valence electrons. The lowest BCUT2D eigenvalue weighted by Crippen LogP contribution is -2.45. The van der Waals surface area contributed by atoms with Crippen LogP contribution in [0, 0.1) is 5.92 Å². The summed E-state index contributed by atoms with van der Waals surface area (Å²) >= 11 is 0. The van der Waals surface area contributed by atoms with Crippen molar-refractivity contribution >= 4 is 5.91 Å². The Labute approximate surface area is 72.9 Å². The summed E-state index contributed by atoms with van der Waals surface area (Å²) in [5.74, 6) is 1.07. The highest BCUT2D eigenvalue weighted by Gasteiger charge is 2.37. The lowest BCUT2D eigenvalue weighted by molar-refractivity contribution is -0.131. The smallest absolute Gasteiger partial charge is 0.224 e. The van der Waals surface area contributed by atoms with Gasteiger partial charge in [-0.3, -0.25) is 4.79 Å². The number of amides is 1. The van der Waals surface area contributed by atoms with Crippen molar-refractivity contribution in [3.05, 3.63) is 0 Å². The Bertz CT molecular complexity index is 199. The molecule has 2 N–H and O–H groups in total. The molecule has 1 heterocycles. The van der Waals surface area contributed by atoms with Crippen LogP contribution in [0.25, 0.3) is 0 Å². The van der Waals surface area contributed by atoms with Gasteiger partial charge in [-0.25, -0.2) is 0 Å². The number of likely N-dealkylation sites (tertiary alicyclic amines) is 1. The minimum atomic E-state index is 0.0911. The predicted molar refractivity (Wildman–Crippen MR) is 46.5 cm³/mol. The highest BCUT2D eigenvalue weighted by Crippen LogP contribution is 2.33. The summed E-state index contributed by atoms with van der Waals surface area (Å²) < 4.78 is 0. The number of rotatable bonds is 1. The number of hydrogen-bond donors (Lipinski definition) is 1. The second kappa shape index (κ2) is 2.73. The van der Waals surface area contributed by atoms with Crippen LogP contribution >= 0.6 is 0 Å². The average Bonchev–Trinajstić information content (AvgIpc) is 2.23. The van der Waals surface area contributed by atoms with Gasteiger partial charge < -0.3 is 10.6 Å². The largest absolute Gasteiger partial charge is 0.338 e. The third-order valence-electron chi connectivity index (χ3n) is 2.98. The van der Waals surface area contributed by atoms with E-state index >= 15 is 0 Å². The second-order valence-corrected chi connectivity index (χ2v) is 4.24. The van der Waals surface area contributed by atoms with Gasteiger partial charge in [0.25, 0.3) is 0 Å². The van der Waals surface area contributed by atoms with E-state index in [1.807, 2.05) is 4.90 Å². The van der Waals surface area contributed by atoms with E-state index in [9.17, 15) is 4.79 Å². The molecule has 3 heteroatoms. The van der Waals surface area contributed by atoms with Crippen molar-refractivity contribution in [3.8, 4) is 0 Å². The topological polar surface area (TPSA) is 46.3 Å². The van der Waals surface area contributed by atoms with Crippen molar-refractivity contribution in [1.29, 1.82) is 0 Å². The molecule has 12 heavy (non-hydrogen) atoms. The van der Waals surface area contributed by atoms with E-state index in [0.717, 1.165) is 12.5 Å². The van der Waals surface area contributed by atoms with Gasteiger partial charge in [0.1, 0.15) is 0 Å². The van der Waals surface area contributed by atoms with Crippen LogP contribution in [0.1, 0.15) is 26.2 Å². The van der Waals surface area contributed by atoms with Gasteiger partial charge >= 0.3 is 0 Å². The van der Waals surface area contributed by atoms with Crippen molar-refractivity contribution in [2.45, 2.75) is 38.3 Å². The van der Waals surface area contributed by atoms with Gasteiger partial charge in [-0.2, -0.15) is 0 Å². The van der Waals surface area contributed by atoms with Gasteiger partial charge in [-0.15, -0.1) is 0 Å². The molecule has 1 unspecified atom stereocenters. The summed E-state index contributed by atoms with van der Waals surface area (Å²) in [6.45, 7) is 3.02. The van der Waals surface area contributed by atoms with Crippen molar-refractivity contribution in [2.24, 2.45) is 11.7 Å². The molecule has 0 aromatic heterocycles. The molecule has 2 rings (SSSR count). The van der Waals surface area contributed by atoms with E-state index in [1.165, 1.54) is 12.8 Å². The van der Waals surface area contributed by atoms with E-state index in [4.69, 9.17) is 5.73 Å². The van der Waals surface area contributed by atoms with E-state index in [1.54, 1.807) is 0 Å². The number of carbonyl (C=O) groups is 1. The molecule has 1 aliphatic carbocycles. The summed E-state index contributed by atoms with van der Waals surface area (Å²) in [6.07, 6.45) is 2.92. The Morgan fingerprint density at radius 3 is 2.58 bits per heavy atom. The van der Waals surface area contributed by atoms with Crippen LogP contribution in [0.3, 0.4) is 0 Å². The van der Waals surface area contributed by atoms with Crippen molar-refractivity contribution in [2.75, 3.05) is 6.54 Å². The number of hydrogen-bond acceptors (Lipinski definition) is 2. The quantitative estimate of drug-likeness (QED) is 0.614. The Kier molecular flexibility index (Phi) is 1.83. The highest BCUT2D eigenvalue weighted by atomic mass is 16.2. The monoisotopic (exact) mass is 168 g/mol. The van der Waals surface area contributed by atoms with Crippen LogP contribution in [-0.2, 0) is 4.79 Å². The third kappa shape index (κ3) is 1.22. The lowest BCUT2D eigenvalue weighted by Gasteiger charge is -2.39. The normalized spacial score (nSPS) is 41.7. The summed E-state index contributed by atoms with van der Waals surface area (Å²) in [4.78, 5) is 13.3. The van der Waals surface area contributed by atoms with Crippen molar-refractivity contribution in [1.82, 2.24) is 4.90 Å². The van der Waals surface area contributed by atoms with Crippen LogP contribution < -0.4 is 5.73 Å². The van der Waals surface area contributed by atoms with Crippen LogP contribution in [-0.4, -0.2) is 29.4 Å². The molecule has 1 aliphatic heterocycles. The van der Waals surface area contributed by atoms with Crippen molar-refractivity contribution in [3.63, 3.8) is 0 Å². The molecule has 0 radical (unpaired) electrons. The molecule has 0 bridgehead atoms. The third-order valence-corrected chi connectivity index (χ3v) is 2.98. The first-order chi connectivity index (χ1) is 5.66. The second-order valence-electron chi connectivity index (χ2n) is 4.24. The lowest BCUT2D eigenvalue weighted by atomic mass is 9.81. The van der Waals surface area contributed by atoms with E-state index in [0.29, 0.717) is 12.5 Å². The van der Waals surface area contributed by atoms with Gasteiger partial charge in [0.15, 0.2) is 0 Å². The van der Waals surface area contributed by atoms with E-state index < -0.39 is 0 Å². The van der Waals surface area contributed by atoms with Gasteiger partial charge in [-0.1, -0.05) is 6.92 Å². The number of nitrogens with zero attached hydrogens (tertiary/aromatic N) is 1. The molecule has 2 aliphatic rings. The standard InChI is InChI=1S/C9H16N2O/c1-6-2-8(3-6)11-5-7(10)4-9(11)12/h6-8H,2-5,10H2,1H3. The van der Waals surface area contributed by atoms with Crippen LogP contribution in [0.15, 0.2) is 0 Å². The predicted octanol–water partition coefficient (Wildman–Crippen LogP) is 0.345. The van der Waals surface area contributed by atoms with Gasteiger partial charge in [0.05, 0.1) is 0 Å². The molecule has 1 saturated heterocycles. The Balaban J connectivity index is 1.92. The molecule has 1 atom stereocenters. The maximum absolute atomic E-state index is 11.4. The fourth-order valence-corrected chi connectivity index (χ4v) is 2.23. The highest BCUT2D eigenvalue weighted by molar-refractivity contribution is 5.79. The van der Waals surface area contributed by atoms with Crippen LogP contribution in [0.5, 0.6) is 0 Å². The molecule has 1 saturated carbocycles. The summed E-state index contributed by atoms with van der Waals surface area (Å²) in [7, 11) is 0. The summed E-state index contributed by atoms with van der Waals surface area (Å²) in [6, 6.07) is 0.606. The van der Waals surface area contributed by atoms with Crippen LogP contribution in [0.4, 0.5) is 0 Å². The minimum absolute atomic E-state index is 0.0911. The number of carbonyl (C=O) groups excluding carboxylic acids is 1. The fourth-order valence-electron chi connectivity index (χ4n) is 2.23. The Hall–Kier alpha value is -0.570. The van der Waals surface area contributed by atoms with E-state index in [-0.39, 0.29) is 11.9 Å². The Morgan fingerprint density at radius 1 is 1.50 bits per heavy atom. The van der Waals surface area contributed by atoms with Gasteiger partial charge in [0, 0.05) is 25.0 Å². The SMILES string of the molecule is CC1CC(N2CC(N)CC2=O)C1. The number of nitrogens with two attached hydrogens (primary N) is 1. The first kappa shape index (κ1) is 8.05. The molecule has 0 aromatic rings. The zero-order valence-corrected chi connectivity index (χ0v) is 7.49. The molecule has 1 amide bonds. The Morgan fingerprint density at radius 2 is 2.17 bits per heavy atom. The van der Waals surface area contributed by atoms with Gasteiger partial charge in [-0.05, 0) is 18.8 Å². The minimum Gasteiger partial charge on any atom is -0.338 e. The van der Waals surface area contributed by atoms with Crippen LogP contribution in [0.2, 0.25) is 0 Å². The molecule has 3 nitrogen and oxygen atoms in total. The summed E-state index contributed by atoms with van der Waals surface area (Å²) in [5, 5.41) is 0. The van der Waals surface area contributed by atoms with E-state index in [2.05, 4.69) is 6.92 Å². The molecule has 0 spiro atoms. The maximum Gasteiger partial charge on any atom is 0.224 e. The molecular weight excluding hydrogens is 152 g/mol. The average molecular weight is 168 g/mol. The maximum atomic E-state index is 11.4. The molecule has 2 fully saturated rings. The molecule has 0 aromatic carbocycles. The first-order valence-electron chi connectivity index (χ1n) is 4.72. The summed E-state index contributed by atoms with van der Waals surface area (Å²) in [5.41, 5.74) is 5.70. The fraction of sp³-hybridized carbons (Fsp3) is 0.889. The zero-order chi connectivity index (χ0) is 8.72. The first-order valence-corrected chi connectivity index (χ1v) is 4.72. The zero-order valence-electron chi connectivity index (χ0n) is 7.49. The van der Waals surface area contributed by atoms with Gasteiger partial charge in [0.2, 0.25) is 5.91 Å².